The molecular weight excluding hydrogens is 464 g/mol. The van der Waals surface area contributed by atoms with E-state index in [1.807, 2.05) is 36.4 Å². The van der Waals surface area contributed by atoms with Crippen LogP contribution in [0.4, 0.5) is 5.13 Å². The number of fused-ring (bicyclic) bond motifs is 1. The van der Waals surface area contributed by atoms with E-state index < -0.39 is 0 Å². The molecule has 2 heterocycles. The van der Waals surface area contributed by atoms with E-state index in [0.29, 0.717) is 19.6 Å². The van der Waals surface area contributed by atoms with E-state index in [9.17, 15) is 4.79 Å². The summed E-state index contributed by atoms with van der Waals surface area (Å²) in [4.78, 5) is 21.5. The van der Waals surface area contributed by atoms with E-state index in [1.165, 1.54) is 4.70 Å². The average Bonchev–Trinajstić information content (AvgIpc) is 3.18. The fourth-order valence-electron chi connectivity index (χ4n) is 3.40. The van der Waals surface area contributed by atoms with Gasteiger partial charge in [0.05, 0.1) is 23.2 Å². The molecule has 8 heteroatoms. The molecular formula is C22H25BrN4O2S. The number of para-hydroxylation sites is 1. The number of amides is 1. The Kier molecular flexibility index (Phi) is 7.20. The summed E-state index contributed by atoms with van der Waals surface area (Å²) in [5.41, 5.74) is 1.06. The van der Waals surface area contributed by atoms with E-state index >= 15 is 0 Å². The van der Waals surface area contributed by atoms with E-state index in [0.717, 1.165) is 53.6 Å². The highest BCUT2D eigenvalue weighted by atomic mass is 79.9. The minimum Gasteiger partial charge on any atom is -0.493 e. The number of nitrogens with zero attached hydrogens (tertiary/aromatic N) is 3. The molecule has 4 rings (SSSR count). The number of anilines is 1. The van der Waals surface area contributed by atoms with Gasteiger partial charge in [0.25, 0.3) is 0 Å². The standard InChI is InChI=1S/C22H25BrN4O2S/c23-17-6-7-19-20(16-17)30-22(25-19)27-13-11-26(12-14-27)10-9-24-21(28)8-15-29-18-4-2-1-3-5-18/h1-7,16H,8-15H2,(H,24,28). The molecule has 158 valence electrons. The molecule has 3 aromatic rings. The summed E-state index contributed by atoms with van der Waals surface area (Å²) < 4.78 is 7.87. The Morgan fingerprint density at radius 3 is 2.73 bits per heavy atom. The largest absolute Gasteiger partial charge is 0.493 e. The van der Waals surface area contributed by atoms with Crippen LogP contribution in [0.2, 0.25) is 0 Å². The summed E-state index contributed by atoms with van der Waals surface area (Å²) in [6.45, 7) is 5.80. The van der Waals surface area contributed by atoms with Gasteiger partial charge in [-0.25, -0.2) is 4.98 Å². The van der Waals surface area contributed by atoms with Crippen LogP contribution < -0.4 is 15.0 Å². The lowest BCUT2D eigenvalue weighted by Crippen LogP contribution is -2.48. The third-order valence-electron chi connectivity index (χ3n) is 5.07. The highest BCUT2D eigenvalue weighted by Gasteiger charge is 2.19. The molecule has 1 saturated heterocycles. The lowest BCUT2D eigenvalue weighted by Gasteiger charge is -2.34. The second kappa shape index (κ2) is 10.2. The minimum atomic E-state index is 0.0326. The van der Waals surface area contributed by atoms with Crippen molar-refractivity contribution in [2.24, 2.45) is 0 Å². The Morgan fingerprint density at radius 1 is 1.13 bits per heavy atom. The third kappa shape index (κ3) is 5.71. The summed E-state index contributed by atoms with van der Waals surface area (Å²) in [6.07, 6.45) is 0.371. The summed E-state index contributed by atoms with van der Waals surface area (Å²) in [6, 6.07) is 15.8. The smallest absolute Gasteiger partial charge is 0.223 e. The molecule has 0 radical (unpaired) electrons. The average molecular weight is 489 g/mol. The number of hydrogen-bond acceptors (Lipinski definition) is 6. The number of nitrogens with one attached hydrogen (secondary N) is 1. The molecule has 0 saturated carbocycles. The van der Waals surface area contributed by atoms with Crippen molar-refractivity contribution in [1.82, 2.24) is 15.2 Å². The molecule has 1 N–H and O–H groups in total. The van der Waals surface area contributed by atoms with E-state index in [4.69, 9.17) is 9.72 Å². The zero-order valence-electron chi connectivity index (χ0n) is 16.7. The molecule has 2 aromatic carbocycles. The van der Waals surface area contributed by atoms with Crippen molar-refractivity contribution in [3.63, 3.8) is 0 Å². The molecule has 0 atom stereocenters. The number of carbonyl (C=O) groups excluding carboxylic acids is 1. The summed E-state index contributed by atoms with van der Waals surface area (Å²) in [5, 5.41) is 4.09. The van der Waals surface area contributed by atoms with Gasteiger partial charge in [0.2, 0.25) is 5.91 Å². The van der Waals surface area contributed by atoms with Crippen molar-refractivity contribution in [2.45, 2.75) is 6.42 Å². The molecule has 0 bridgehead atoms. The first-order valence-electron chi connectivity index (χ1n) is 10.2. The zero-order chi connectivity index (χ0) is 20.8. The van der Waals surface area contributed by atoms with Gasteiger partial charge in [-0.05, 0) is 30.3 Å². The van der Waals surface area contributed by atoms with E-state index in [1.54, 1.807) is 11.3 Å². The van der Waals surface area contributed by atoms with Crippen LogP contribution in [0.5, 0.6) is 5.75 Å². The van der Waals surface area contributed by atoms with Gasteiger partial charge in [-0.2, -0.15) is 0 Å². The van der Waals surface area contributed by atoms with Crippen LogP contribution >= 0.6 is 27.3 Å². The number of ether oxygens (including phenoxy) is 1. The summed E-state index contributed by atoms with van der Waals surface area (Å²) in [7, 11) is 0. The Labute approximate surface area is 189 Å². The van der Waals surface area contributed by atoms with Gasteiger partial charge in [0.1, 0.15) is 5.75 Å². The maximum absolute atomic E-state index is 12.0. The normalized spacial score (nSPS) is 14.8. The van der Waals surface area contributed by atoms with Crippen molar-refractivity contribution < 1.29 is 9.53 Å². The Balaban J connectivity index is 1.14. The first-order valence-corrected chi connectivity index (χ1v) is 11.8. The second-order valence-electron chi connectivity index (χ2n) is 7.20. The summed E-state index contributed by atoms with van der Waals surface area (Å²) >= 11 is 5.27. The van der Waals surface area contributed by atoms with Gasteiger partial charge in [0.15, 0.2) is 5.13 Å². The van der Waals surface area contributed by atoms with Gasteiger partial charge in [0, 0.05) is 43.7 Å². The van der Waals surface area contributed by atoms with Crippen LogP contribution in [0.1, 0.15) is 6.42 Å². The SMILES string of the molecule is O=C(CCOc1ccccc1)NCCN1CCN(c2nc3ccc(Br)cc3s2)CC1. The number of benzene rings is 2. The number of rotatable bonds is 8. The van der Waals surface area contributed by atoms with Crippen molar-refractivity contribution >= 4 is 48.5 Å². The van der Waals surface area contributed by atoms with Crippen LogP contribution in [-0.2, 0) is 4.79 Å². The van der Waals surface area contributed by atoms with Crippen molar-refractivity contribution in [1.29, 1.82) is 0 Å². The maximum Gasteiger partial charge on any atom is 0.223 e. The first-order chi connectivity index (χ1) is 14.7. The second-order valence-corrected chi connectivity index (χ2v) is 9.12. The number of thiazole rings is 1. The predicted molar refractivity (Wildman–Crippen MR) is 126 cm³/mol. The van der Waals surface area contributed by atoms with Crippen LogP contribution in [-0.4, -0.2) is 61.7 Å². The molecule has 1 fully saturated rings. The fraction of sp³-hybridized carbons (Fsp3) is 0.364. The van der Waals surface area contributed by atoms with Gasteiger partial charge >= 0.3 is 0 Å². The van der Waals surface area contributed by atoms with Crippen LogP contribution in [0.3, 0.4) is 0 Å². The highest BCUT2D eigenvalue weighted by molar-refractivity contribution is 9.10. The van der Waals surface area contributed by atoms with E-state index in [-0.39, 0.29) is 5.91 Å². The van der Waals surface area contributed by atoms with Crippen LogP contribution in [0.25, 0.3) is 10.2 Å². The van der Waals surface area contributed by atoms with Crippen molar-refractivity contribution in [3.05, 3.63) is 53.0 Å². The highest BCUT2D eigenvalue weighted by Crippen LogP contribution is 2.31. The molecule has 1 aliphatic rings. The summed E-state index contributed by atoms with van der Waals surface area (Å²) in [5.74, 6) is 0.828. The lowest BCUT2D eigenvalue weighted by molar-refractivity contribution is -0.121. The number of piperazine rings is 1. The zero-order valence-corrected chi connectivity index (χ0v) is 19.1. The predicted octanol–water partition coefficient (Wildman–Crippen LogP) is 3.77. The van der Waals surface area contributed by atoms with Gasteiger partial charge in [-0.15, -0.1) is 0 Å². The number of aromatic nitrogens is 1. The quantitative estimate of drug-likeness (QED) is 0.522. The Hall–Kier alpha value is -2.16. The first kappa shape index (κ1) is 21.1. The molecule has 1 aromatic heterocycles. The van der Waals surface area contributed by atoms with Gasteiger partial charge < -0.3 is 15.0 Å². The maximum atomic E-state index is 12.0. The Morgan fingerprint density at radius 2 is 1.93 bits per heavy atom. The molecule has 30 heavy (non-hydrogen) atoms. The van der Waals surface area contributed by atoms with Crippen molar-refractivity contribution in [2.75, 3.05) is 50.8 Å². The number of carbonyl (C=O) groups is 1. The molecule has 1 aliphatic heterocycles. The topological polar surface area (TPSA) is 57.7 Å². The van der Waals surface area contributed by atoms with Crippen LogP contribution in [0.15, 0.2) is 53.0 Å². The molecule has 0 unspecified atom stereocenters. The number of halogens is 1. The van der Waals surface area contributed by atoms with Crippen LogP contribution in [0, 0.1) is 0 Å². The van der Waals surface area contributed by atoms with Gasteiger partial charge in [-0.1, -0.05) is 45.5 Å². The number of hydrogen-bond donors (Lipinski definition) is 1. The monoisotopic (exact) mass is 488 g/mol. The Bertz CT molecular complexity index is 974. The third-order valence-corrected chi connectivity index (χ3v) is 6.65. The molecule has 0 aliphatic carbocycles. The van der Waals surface area contributed by atoms with E-state index in [2.05, 4.69) is 43.2 Å². The molecule has 0 spiro atoms. The minimum absolute atomic E-state index is 0.0326. The van der Waals surface area contributed by atoms with Gasteiger partial charge in [-0.3, -0.25) is 9.69 Å². The molecule has 6 nitrogen and oxygen atoms in total. The fourth-order valence-corrected chi connectivity index (χ4v) is 4.97. The lowest BCUT2D eigenvalue weighted by atomic mass is 10.3. The molecule has 1 amide bonds. The van der Waals surface area contributed by atoms with Crippen molar-refractivity contribution in [3.8, 4) is 5.75 Å².